The molecule has 0 aromatic carbocycles. The molecule has 2 heterocycles. The molecule has 0 saturated heterocycles. The number of aromatic nitrogens is 2. The monoisotopic (exact) mass is 263 g/mol. The van der Waals surface area contributed by atoms with E-state index in [9.17, 15) is 0 Å². The molecular weight excluding hydrogens is 242 g/mol. The molecule has 0 fully saturated rings. The first-order valence-electron chi connectivity index (χ1n) is 6.61. The average Bonchev–Trinajstić information content (AvgIpc) is 2.85. The van der Waals surface area contributed by atoms with E-state index in [0.29, 0.717) is 17.8 Å². The number of nitrogens with zero attached hydrogens (tertiary/aromatic N) is 2. The van der Waals surface area contributed by atoms with Gasteiger partial charge in [0.1, 0.15) is 11.5 Å². The van der Waals surface area contributed by atoms with Gasteiger partial charge >= 0.3 is 0 Å². The summed E-state index contributed by atoms with van der Waals surface area (Å²) in [6, 6.07) is 0.461. The molecule has 0 amide bonds. The molecule has 2 aromatic rings. The van der Waals surface area contributed by atoms with E-state index in [1.807, 2.05) is 20.8 Å². The van der Waals surface area contributed by atoms with Crippen LogP contribution in [0.3, 0.4) is 0 Å². The second-order valence-corrected chi connectivity index (χ2v) is 5.07. The van der Waals surface area contributed by atoms with Crippen LogP contribution in [0.1, 0.15) is 36.8 Å². The van der Waals surface area contributed by atoms with Crippen LogP contribution < -0.4 is 5.32 Å². The van der Waals surface area contributed by atoms with Gasteiger partial charge in [-0.25, -0.2) is 0 Å². The van der Waals surface area contributed by atoms with Gasteiger partial charge in [-0.05, 0) is 20.8 Å². The highest BCUT2D eigenvalue weighted by atomic mass is 16.4. The smallest absolute Gasteiger partial charge is 0.251 e. The van der Waals surface area contributed by atoms with Crippen molar-refractivity contribution in [3.63, 3.8) is 0 Å². The highest BCUT2D eigenvalue weighted by Crippen LogP contribution is 2.30. The summed E-state index contributed by atoms with van der Waals surface area (Å²) in [5, 5.41) is 11.5. The minimum absolute atomic E-state index is 0.461. The van der Waals surface area contributed by atoms with Gasteiger partial charge in [0.25, 0.3) is 5.89 Å². The molecule has 0 spiro atoms. The molecule has 0 bridgehead atoms. The summed E-state index contributed by atoms with van der Waals surface area (Å²) in [4.78, 5) is 0. The first-order valence-corrected chi connectivity index (χ1v) is 6.61. The van der Waals surface area contributed by atoms with Gasteiger partial charge in [0.05, 0.1) is 5.56 Å². The Labute approximate surface area is 113 Å². The zero-order valence-corrected chi connectivity index (χ0v) is 12.2. The molecule has 104 valence electrons. The third-order valence-corrected chi connectivity index (χ3v) is 3.13. The van der Waals surface area contributed by atoms with Crippen LogP contribution in [0.15, 0.2) is 8.83 Å². The second-order valence-electron chi connectivity index (χ2n) is 5.07. The molecule has 5 heteroatoms. The van der Waals surface area contributed by atoms with Crippen molar-refractivity contribution >= 4 is 0 Å². The fraction of sp³-hybridized carbons (Fsp3) is 0.571. The average molecular weight is 263 g/mol. The number of furan rings is 1. The van der Waals surface area contributed by atoms with Crippen molar-refractivity contribution in [3.8, 4) is 11.5 Å². The molecule has 5 nitrogen and oxygen atoms in total. The lowest BCUT2D eigenvalue weighted by molar-refractivity contribution is 0.480. The van der Waals surface area contributed by atoms with Crippen LogP contribution in [-0.4, -0.2) is 22.8 Å². The molecule has 0 atom stereocenters. The SMILES string of the molecule is Cc1oc(C)c(-c2nnc(CCNC(C)C)o2)c1C. The van der Waals surface area contributed by atoms with Gasteiger partial charge in [-0.2, -0.15) is 0 Å². The summed E-state index contributed by atoms with van der Waals surface area (Å²) in [5.74, 6) is 2.92. The third kappa shape index (κ3) is 3.04. The Morgan fingerprint density at radius 2 is 1.79 bits per heavy atom. The van der Waals surface area contributed by atoms with Crippen LogP contribution in [0.4, 0.5) is 0 Å². The highest BCUT2D eigenvalue weighted by Gasteiger charge is 2.18. The first-order chi connectivity index (χ1) is 8.99. The van der Waals surface area contributed by atoms with Crippen LogP contribution in [0.5, 0.6) is 0 Å². The number of hydrogen-bond donors (Lipinski definition) is 1. The van der Waals surface area contributed by atoms with Crippen molar-refractivity contribution in [1.82, 2.24) is 15.5 Å². The Morgan fingerprint density at radius 3 is 2.37 bits per heavy atom. The second kappa shape index (κ2) is 5.57. The Hall–Kier alpha value is -1.62. The Morgan fingerprint density at radius 1 is 1.05 bits per heavy atom. The fourth-order valence-electron chi connectivity index (χ4n) is 2.03. The van der Waals surface area contributed by atoms with Crippen LogP contribution in [0, 0.1) is 20.8 Å². The molecule has 0 aliphatic rings. The predicted octanol–water partition coefficient (Wildman–Crippen LogP) is 2.80. The Balaban J connectivity index is 2.12. The standard InChI is InChI=1S/C14H21N3O2/c1-8(2)15-7-6-12-16-17-14(19-12)13-9(3)10(4)18-11(13)5/h8,15H,6-7H2,1-5H3. The lowest BCUT2D eigenvalue weighted by Gasteiger charge is -2.04. The summed E-state index contributed by atoms with van der Waals surface area (Å²) in [7, 11) is 0. The van der Waals surface area contributed by atoms with Crippen molar-refractivity contribution in [2.24, 2.45) is 0 Å². The largest absolute Gasteiger partial charge is 0.466 e. The number of nitrogens with one attached hydrogen (secondary N) is 1. The van der Waals surface area contributed by atoms with E-state index in [4.69, 9.17) is 8.83 Å². The van der Waals surface area contributed by atoms with E-state index in [0.717, 1.165) is 35.6 Å². The quantitative estimate of drug-likeness (QED) is 0.898. The van der Waals surface area contributed by atoms with Gasteiger partial charge in [-0.3, -0.25) is 0 Å². The lowest BCUT2D eigenvalue weighted by atomic mass is 10.1. The molecule has 0 radical (unpaired) electrons. The van der Waals surface area contributed by atoms with Gasteiger partial charge in [-0.1, -0.05) is 13.8 Å². The molecule has 0 unspecified atom stereocenters. The summed E-state index contributed by atoms with van der Waals surface area (Å²) >= 11 is 0. The van der Waals surface area contributed by atoms with Gasteiger partial charge in [0.15, 0.2) is 0 Å². The van der Waals surface area contributed by atoms with E-state index >= 15 is 0 Å². The fourth-order valence-corrected chi connectivity index (χ4v) is 2.03. The minimum atomic E-state index is 0.461. The molecule has 19 heavy (non-hydrogen) atoms. The summed E-state index contributed by atoms with van der Waals surface area (Å²) < 4.78 is 11.3. The molecule has 2 aromatic heterocycles. The molecule has 0 aliphatic heterocycles. The molecular formula is C14H21N3O2. The topological polar surface area (TPSA) is 64.1 Å². The summed E-state index contributed by atoms with van der Waals surface area (Å²) in [5.41, 5.74) is 1.99. The van der Waals surface area contributed by atoms with Crippen molar-refractivity contribution in [2.45, 2.75) is 47.1 Å². The van der Waals surface area contributed by atoms with E-state index in [2.05, 4.69) is 29.4 Å². The summed E-state index contributed by atoms with van der Waals surface area (Å²) in [6.45, 7) is 10.9. The zero-order chi connectivity index (χ0) is 14.0. The van der Waals surface area contributed by atoms with Gasteiger partial charge in [0, 0.05) is 24.6 Å². The van der Waals surface area contributed by atoms with Crippen LogP contribution in [0.25, 0.3) is 11.5 Å². The molecule has 0 saturated carbocycles. The number of aryl methyl sites for hydroxylation is 2. The van der Waals surface area contributed by atoms with Crippen molar-refractivity contribution in [1.29, 1.82) is 0 Å². The van der Waals surface area contributed by atoms with Crippen LogP contribution >= 0.6 is 0 Å². The number of rotatable bonds is 5. The van der Waals surface area contributed by atoms with E-state index in [1.54, 1.807) is 0 Å². The van der Waals surface area contributed by atoms with Gasteiger partial charge < -0.3 is 14.2 Å². The van der Waals surface area contributed by atoms with Crippen LogP contribution in [-0.2, 0) is 6.42 Å². The summed E-state index contributed by atoms with van der Waals surface area (Å²) in [6.07, 6.45) is 0.736. The first kappa shape index (κ1) is 13.8. The van der Waals surface area contributed by atoms with Crippen molar-refractivity contribution in [3.05, 3.63) is 23.0 Å². The Kier molecular flexibility index (Phi) is 4.04. The maximum absolute atomic E-state index is 5.70. The lowest BCUT2D eigenvalue weighted by Crippen LogP contribution is -2.25. The highest BCUT2D eigenvalue weighted by molar-refractivity contribution is 5.61. The van der Waals surface area contributed by atoms with Gasteiger partial charge in [0.2, 0.25) is 5.89 Å². The van der Waals surface area contributed by atoms with E-state index in [-0.39, 0.29) is 0 Å². The van der Waals surface area contributed by atoms with Crippen molar-refractivity contribution in [2.75, 3.05) is 6.54 Å². The Bertz CT molecular complexity index is 555. The third-order valence-electron chi connectivity index (χ3n) is 3.13. The minimum Gasteiger partial charge on any atom is -0.466 e. The maximum atomic E-state index is 5.70. The molecule has 1 N–H and O–H groups in total. The van der Waals surface area contributed by atoms with E-state index in [1.165, 1.54) is 0 Å². The molecule has 2 rings (SSSR count). The predicted molar refractivity (Wildman–Crippen MR) is 73.1 cm³/mol. The van der Waals surface area contributed by atoms with Gasteiger partial charge in [-0.15, -0.1) is 10.2 Å². The van der Waals surface area contributed by atoms with E-state index < -0.39 is 0 Å². The normalized spacial score (nSPS) is 11.5. The maximum Gasteiger partial charge on any atom is 0.251 e. The molecule has 0 aliphatic carbocycles. The zero-order valence-electron chi connectivity index (χ0n) is 12.2. The van der Waals surface area contributed by atoms with Crippen LogP contribution in [0.2, 0.25) is 0 Å². The van der Waals surface area contributed by atoms with Crippen molar-refractivity contribution < 1.29 is 8.83 Å². The number of hydrogen-bond acceptors (Lipinski definition) is 5.